The molecular weight excluding hydrogens is 585 g/mol. The van der Waals surface area contributed by atoms with Gasteiger partial charge in [0.2, 0.25) is 0 Å². The topological polar surface area (TPSA) is 46.6 Å². The Bertz CT molecular complexity index is 2860. The summed E-state index contributed by atoms with van der Waals surface area (Å²) in [6.07, 6.45) is 3.25. The third-order valence-corrected chi connectivity index (χ3v) is 9.95. The Labute approximate surface area is 276 Å². The maximum Gasteiger partial charge on any atom is 0.138 e. The lowest BCUT2D eigenvalue weighted by Gasteiger charge is -2.11. The van der Waals surface area contributed by atoms with Gasteiger partial charge in [0, 0.05) is 44.4 Å². The van der Waals surface area contributed by atoms with Crippen molar-refractivity contribution >= 4 is 71.7 Å². The number of rotatable bonds is 5. The van der Waals surface area contributed by atoms with Crippen LogP contribution in [-0.2, 0) is 0 Å². The van der Waals surface area contributed by atoms with Crippen molar-refractivity contribution in [1.82, 2.24) is 14.1 Å². The molecule has 0 unspecified atom stereocenters. The molecule has 1 aliphatic rings. The third kappa shape index (κ3) is 3.60. The van der Waals surface area contributed by atoms with E-state index in [2.05, 4.69) is 155 Å². The van der Waals surface area contributed by atoms with Gasteiger partial charge in [-0.3, -0.25) is 4.57 Å². The van der Waals surface area contributed by atoms with E-state index in [0.717, 1.165) is 55.7 Å². The van der Waals surface area contributed by atoms with Crippen molar-refractivity contribution in [2.75, 3.05) is 0 Å². The Morgan fingerprint density at radius 2 is 1.15 bits per heavy atom. The quantitative estimate of drug-likeness (QED) is 0.193. The number of benzene rings is 6. The van der Waals surface area contributed by atoms with E-state index in [1.807, 2.05) is 6.08 Å². The molecule has 3 heterocycles. The van der Waals surface area contributed by atoms with E-state index in [0.29, 0.717) is 0 Å². The molecule has 0 bridgehead atoms. The van der Waals surface area contributed by atoms with Crippen LogP contribution in [0.4, 0.5) is 0 Å². The first kappa shape index (κ1) is 26.7. The minimum atomic E-state index is 0.810. The largest absolute Gasteiger partial charge is 0.309 e. The number of fused-ring (bicyclic) bond motifs is 6. The highest BCUT2D eigenvalue weighted by atomic mass is 15.1. The molecule has 0 amide bonds. The molecule has 0 spiro atoms. The Morgan fingerprint density at radius 1 is 0.542 bits per heavy atom. The van der Waals surface area contributed by atoms with Gasteiger partial charge in [0.1, 0.15) is 5.82 Å². The van der Waals surface area contributed by atoms with Crippen LogP contribution in [0.25, 0.3) is 88.2 Å². The molecule has 1 aliphatic carbocycles. The molecule has 48 heavy (non-hydrogen) atoms. The molecule has 0 saturated heterocycles. The predicted molar refractivity (Wildman–Crippen MR) is 202 cm³/mol. The first-order valence-corrected chi connectivity index (χ1v) is 16.2. The highest BCUT2D eigenvalue weighted by molar-refractivity contribution is 6.29. The van der Waals surface area contributed by atoms with Crippen LogP contribution in [0.2, 0.25) is 0 Å². The fourth-order valence-corrected chi connectivity index (χ4v) is 7.88. The molecule has 0 fully saturated rings. The van der Waals surface area contributed by atoms with Crippen LogP contribution in [0.15, 0.2) is 152 Å². The van der Waals surface area contributed by atoms with Gasteiger partial charge in [-0.25, -0.2) is 4.98 Å². The summed E-state index contributed by atoms with van der Waals surface area (Å²) in [5.74, 6) is 0.841. The van der Waals surface area contributed by atoms with Gasteiger partial charge >= 0.3 is 0 Å². The maximum atomic E-state index is 8.25. The van der Waals surface area contributed by atoms with Gasteiger partial charge in [-0.15, -0.1) is 0 Å². The fourth-order valence-electron chi connectivity index (χ4n) is 7.88. The second-order valence-corrected chi connectivity index (χ2v) is 12.4. The van der Waals surface area contributed by atoms with Gasteiger partial charge < -0.3 is 9.98 Å². The average molecular weight is 613 g/mol. The summed E-state index contributed by atoms with van der Waals surface area (Å²) in [7, 11) is 0. The minimum Gasteiger partial charge on any atom is -0.309 e. The van der Waals surface area contributed by atoms with Crippen molar-refractivity contribution in [1.29, 1.82) is 5.41 Å². The molecule has 1 N–H and O–H groups in total. The van der Waals surface area contributed by atoms with Crippen molar-refractivity contribution in [2.45, 2.75) is 0 Å². The number of allylic oxidation sites excluding steroid dienone is 3. The monoisotopic (exact) mass is 612 g/mol. The number of aromatic nitrogens is 3. The second kappa shape index (κ2) is 9.99. The highest BCUT2D eigenvalue weighted by Gasteiger charge is 2.25. The van der Waals surface area contributed by atoms with Crippen molar-refractivity contribution in [2.24, 2.45) is 0 Å². The molecule has 4 heteroatoms. The molecule has 3 aromatic heterocycles. The van der Waals surface area contributed by atoms with Gasteiger partial charge in [-0.1, -0.05) is 97.6 Å². The van der Waals surface area contributed by atoms with Crippen molar-refractivity contribution < 1.29 is 0 Å². The molecule has 9 aromatic rings. The lowest BCUT2D eigenvalue weighted by molar-refractivity contribution is 1.08. The van der Waals surface area contributed by atoms with Gasteiger partial charge in [0.15, 0.2) is 0 Å². The Kier molecular flexibility index (Phi) is 5.55. The van der Waals surface area contributed by atoms with Crippen LogP contribution in [0.5, 0.6) is 0 Å². The maximum absolute atomic E-state index is 8.25. The molecule has 0 aliphatic heterocycles. The van der Waals surface area contributed by atoms with Crippen LogP contribution in [0.1, 0.15) is 11.3 Å². The number of nitrogens with one attached hydrogen (secondary N) is 1. The lowest BCUT2D eigenvalue weighted by Crippen LogP contribution is -2.00. The predicted octanol–water partition coefficient (Wildman–Crippen LogP) is 11.2. The summed E-state index contributed by atoms with van der Waals surface area (Å²) in [6.45, 7) is 4.05. The van der Waals surface area contributed by atoms with Gasteiger partial charge in [-0.2, -0.15) is 0 Å². The first-order chi connectivity index (χ1) is 23.7. The first-order valence-electron chi connectivity index (χ1n) is 16.2. The summed E-state index contributed by atoms with van der Waals surface area (Å²) < 4.78 is 4.62. The summed E-state index contributed by atoms with van der Waals surface area (Å²) in [5.41, 5.74) is 11.8. The van der Waals surface area contributed by atoms with Crippen molar-refractivity contribution in [3.63, 3.8) is 0 Å². The number of hydrogen-bond donors (Lipinski definition) is 1. The SMILES string of the molecule is C=CC1=C(C=N)c2nc(-n3c4ccccc4c4cc(-c5ccc6c(c5)c5ccccc5n6-c5ccccc5)ccc43)cc3cccc1c23. The number of hydrogen-bond acceptors (Lipinski definition) is 2. The van der Waals surface area contributed by atoms with Gasteiger partial charge in [0.05, 0.1) is 27.8 Å². The zero-order chi connectivity index (χ0) is 31.9. The smallest absolute Gasteiger partial charge is 0.138 e. The van der Waals surface area contributed by atoms with E-state index in [4.69, 9.17) is 10.4 Å². The molecular formula is C44H28N4. The molecule has 10 rings (SSSR count). The molecule has 4 nitrogen and oxygen atoms in total. The fraction of sp³-hybridized carbons (Fsp3) is 0. The zero-order valence-corrected chi connectivity index (χ0v) is 26.0. The van der Waals surface area contributed by atoms with E-state index in [1.54, 1.807) is 0 Å². The molecule has 0 saturated carbocycles. The van der Waals surface area contributed by atoms with Gasteiger partial charge in [0.25, 0.3) is 0 Å². The van der Waals surface area contributed by atoms with E-state index in [1.165, 1.54) is 49.9 Å². The number of pyridine rings is 1. The summed E-state index contributed by atoms with van der Waals surface area (Å²) in [4.78, 5) is 5.24. The average Bonchev–Trinajstić information content (AvgIpc) is 3.77. The Morgan fingerprint density at radius 3 is 1.81 bits per heavy atom. The Hall–Kier alpha value is -6.52. The molecule has 6 aromatic carbocycles. The third-order valence-electron chi connectivity index (χ3n) is 9.95. The second-order valence-electron chi connectivity index (χ2n) is 12.4. The highest BCUT2D eigenvalue weighted by Crippen LogP contribution is 2.43. The van der Waals surface area contributed by atoms with Crippen molar-refractivity contribution in [3.05, 3.63) is 163 Å². The zero-order valence-electron chi connectivity index (χ0n) is 26.0. The van der Waals surface area contributed by atoms with Crippen LogP contribution >= 0.6 is 0 Å². The lowest BCUT2D eigenvalue weighted by atomic mass is 10.0. The molecule has 0 radical (unpaired) electrons. The van der Waals surface area contributed by atoms with Crippen LogP contribution in [0.3, 0.4) is 0 Å². The summed E-state index contributed by atoms with van der Waals surface area (Å²) in [5, 5.41) is 15.3. The van der Waals surface area contributed by atoms with Crippen LogP contribution in [0, 0.1) is 5.41 Å². The normalized spacial score (nSPS) is 12.7. The van der Waals surface area contributed by atoms with E-state index in [-0.39, 0.29) is 0 Å². The standard InChI is InChI=1S/C44H28N4/c1-2-31-34-16-10-11-29-25-42(46-44(43(29)34)37(31)26-45)48-39-18-9-7-15-33(39)36-24-28(20-22-41(36)48)27-19-21-40-35(23-27)32-14-6-8-17-38(32)47(40)30-12-4-3-5-13-30/h2-26,45H,1H2. The van der Waals surface area contributed by atoms with E-state index in [9.17, 15) is 0 Å². The van der Waals surface area contributed by atoms with Crippen molar-refractivity contribution in [3.8, 4) is 22.6 Å². The van der Waals surface area contributed by atoms with E-state index >= 15 is 0 Å². The van der Waals surface area contributed by atoms with Crippen LogP contribution < -0.4 is 0 Å². The summed E-state index contributed by atoms with van der Waals surface area (Å²) in [6, 6.07) is 49.9. The molecule has 224 valence electrons. The van der Waals surface area contributed by atoms with Crippen LogP contribution in [-0.4, -0.2) is 20.3 Å². The number of nitrogens with zero attached hydrogens (tertiary/aromatic N) is 3. The summed E-state index contributed by atoms with van der Waals surface area (Å²) >= 11 is 0. The number of para-hydroxylation sites is 3. The minimum absolute atomic E-state index is 0.810. The van der Waals surface area contributed by atoms with E-state index < -0.39 is 0 Å². The Balaban J connectivity index is 1.19. The molecule has 0 atom stereocenters. The van der Waals surface area contributed by atoms with Gasteiger partial charge in [-0.05, 0) is 82.2 Å².